The highest BCUT2D eigenvalue weighted by molar-refractivity contribution is 6.91. The second kappa shape index (κ2) is 21.7. The van der Waals surface area contributed by atoms with Crippen LogP contribution in [0.25, 0.3) is 53.9 Å². The molecule has 0 spiro atoms. The van der Waals surface area contributed by atoms with Gasteiger partial charge < -0.3 is 0 Å². The number of rotatable bonds is 6. The van der Waals surface area contributed by atoms with Crippen LogP contribution in [-0.2, 0) is 0 Å². The standard InChI is InChI=1S/C66H72F8Si2/c67-59-55-37-41-35-51-49(31-33-75(43-19-7-1-8-20-43,44-21-9-2-10-22-44)45-23-11-3-12-24-45)53-39-57-58(62(70)66(74)65(73)61(57)69)40-54(53)50(52(51)36-42(41)38-56(55)60(68)64(72)63(59)71)32-34-76(46-25-13-4-14-26-46,47-27-15-5-16-28-47)48-29-17-6-18-30-48/h35-40,43-48H,1-30H2. The summed E-state index contributed by atoms with van der Waals surface area (Å²) in [5, 5.41) is 1.46. The fourth-order valence-corrected chi connectivity index (χ4v) is 31.4. The zero-order valence-corrected chi connectivity index (χ0v) is 46.2. The molecule has 6 aromatic rings. The van der Waals surface area contributed by atoms with E-state index in [4.69, 9.17) is 0 Å². The molecule has 0 radical (unpaired) electrons. The third kappa shape index (κ3) is 8.93. The Balaban J connectivity index is 1.23. The van der Waals surface area contributed by atoms with E-state index in [2.05, 4.69) is 22.9 Å². The molecule has 400 valence electrons. The summed E-state index contributed by atoms with van der Waals surface area (Å²) in [6.45, 7) is 0. The molecule has 0 amide bonds. The van der Waals surface area contributed by atoms with Crippen LogP contribution < -0.4 is 0 Å². The zero-order valence-electron chi connectivity index (χ0n) is 44.2. The maximum atomic E-state index is 16.5. The van der Waals surface area contributed by atoms with Crippen LogP contribution in [0.2, 0.25) is 33.2 Å². The lowest BCUT2D eigenvalue weighted by Gasteiger charge is -2.50. The molecule has 0 saturated heterocycles. The fraction of sp³-hybridized carbons (Fsp3) is 0.545. The van der Waals surface area contributed by atoms with Gasteiger partial charge in [-0.1, -0.05) is 204 Å². The van der Waals surface area contributed by atoms with E-state index < -0.39 is 84.2 Å². The van der Waals surface area contributed by atoms with E-state index in [1.807, 2.05) is 12.1 Å². The molecule has 6 aromatic carbocycles. The summed E-state index contributed by atoms with van der Waals surface area (Å²) in [6, 6.07) is 9.40. The molecular weight excluding hydrogens is 1000 g/mol. The third-order valence-electron chi connectivity index (χ3n) is 20.9. The fourth-order valence-electron chi connectivity index (χ4n) is 17.4. The van der Waals surface area contributed by atoms with Crippen molar-refractivity contribution >= 4 is 70.0 Å². The molecule has 0 nitrogen and oxygen atoms in total. The van der Waals surface area contributed by atoms with Gasteiger partial charge in [0.2, 0.25) is 0 Å². The Morgan fingerprint density at radius 1 is 0.250 bits per heavy atom. The van der Waals surface area contributed by atoms with Crippen molar-refractivity contribution in [2.24, 2.45) is 0 Å². The van der Waals surface area contributed by atoms with Crippen molar-refractivity contribution in [3.63, 3.8) is 0 Å². The molecule has 10 heteroatoms. The first-order chi connectivity index (χ1) is 37.0. The van der Waals surface area contributed by atoms with Crippen molar-refractivity contribution in [3.8, 4) is 22.9 Å². The second-order valence-electron chi connectivity index (χ2n) is 24.7. The van der Waals surface area contributed by atoms with Crippen LogP contribution in [0.5, 0.6) is 0 Å². The van der Waals surface area contributed by atoms with Crippen LogP contribution in [-0.4, -0.2) is 16.1 Å². The molecular formula is C66H72F8Si2. The molecule has 6 saturated carbocycles. The Bertz CT molecular complexity index is 3030. The number of fused-ring (bicyclic) bond motifs is 5. The van der Waals surface area contributed by atoms with Gasteiger partial charge in [-0.3, -0.25) is 0 Å². The quantitative estimate of drug-likeness (QED) is 0.0389. The van der Waals surface area contributed by atoms with Gasteiger partial charge >= 0.3 is 0 Å². The number of benzene rings is 6. The minimum absolute atomic E-state index is 0.391. The number of halogens is 8. The SMILES string of the molecule is Fc1c(F)c(F)c2cc3cc4c(C#C[Si](C5CCCCC5)(C5CCCCC5)C5CCCCC5)c5cc6c(F)c(F)c(F)c(F)c6cc5c(C#C[Si](C5CCCCC5)(C5CCCCC5)C5CCCCC5)c4cc3cc2c1F. The van der Waals surface area contributed by atoms with Crippen LogP contribution in [0, 0.1) is 69.5 Å². The lowest BCUT2D eigenvalue weighted by atomic mass is 9.88. The first-order valence-corrected chi connectivity index (χ1v) is 34.3. The maximum absolute atomic E-state index is 16.5. The third-order valence-corrected chi connectivity index (χ3v) is 33.6. The Morgan fingerprint density at radius 2 is 0.447 bits per heavy atom. The van der Waals surface area contributed by atoms with Crippen LogP contribution in [0.3, 0.4) is 0 Å². The van der Waals surface area contributed by atoms with Gasteiger partial charge in [-0.05, 0) is 102 Å². The average Bonchev–Trinajstić information content (AvgIpc) is 3.56. The largest absolute Gasteiger partial charge is 0.203 e. The average molecular weight is 1070 g/mol. The van der Waals surface area contributed by atoms with Crippen LogP contribution in [0.4, 0.5) is 35.1 Å². The Hall–Kier alpha value is -4.39. The lowest BCUT2D eigenvalue weighted by molar-refractivity contribution is 0.418. The van der Waals surface area contributed by atoms with E-state index in [0.717, 1.165) is 77.0 Å². The van der Waals surface area contributed by atoms with E-state index >= 15 is 35.1 Å². The molecule has 0 N–H and O–H groups in total. The molecule has 76 heavy (non-hydrogen) atoms. The van der Waals surface area contributed by atoms with Crippen LogP contribution >= 0.6 is 0 Å². The van der Waals surface area contributed by atoms with Crippen molar-refractivity contribution < 1.29 is 35.1 Å². The summed E-state index contributed by atoms with van der Waals surface area (Å²) in [5.41, 5.74) is 12.7. The molecule has 6 aliphatic rings. The molecule has 6 aliphatic carbocycles. The summed E-state index contributed by atoms with van der Waals surface area (Å²) in [4.78, 5) is 0. The summed E-state index contributed by atoms with van der Waals surface area (Å²) in [5.74, 6) is -5.62. The van der Waals surface area contributed by atoms with Crippen molar-refractivity contribution in [1.82, 2.24) is 0 Å². The Kier molecular flexibility index (Phi) is 14.9. The lowest BCUT2D eigenvalue weighted by Crippen LogP contribution is -2.50. The topological polar surface area (TPSA) is 0 Å². The van der Waals surface area contributed by atoms with Gasteiger partial charge in [-0.15, -0.1) is 11.1 Å². The number of hydrogen-bond donors (Lipinski definition) is 0. The Morgan fingerprint density at radius 3 is 0.684 bits per heavy atom. The highest BCUT2D eigenvalue weighted by Crippen LogP contribution is 2.59. The van der Waals surface area contributed by atoms with Gasteiger partial charge in [0.25, 0.3) is 0 Å². The van der Waals surface area contributed by atoms with Gasteiger partial charge in [0.05, 0.1) is 0 Å². The first-order valence-electron chi connectivity index (χ1n) is 29.9. The predicted octanol–water partition coefficient (Wildman–Crippen LogP) is 21.3. The van der Waals surface area contributed by atoms with Gasteiger partial charge in [-0.2, -0.15) is 0 Å². The normalized spacial score (nSPS) is 20.9. The molecule has 0 unspecified atom stereocenters. The highest BCUT2D eigenvalue weighted by Gasteiger charge is 2.54. The molecule has 6 fully saturated rings. The second-order valence-corrected chi connectivity index (χ2v) is 33.9. The summed E-state index contributed by atoms with van der Waals surface area (Å²) >= 11 is 0. The minimum Gasteiger partial charge on any atom is -0.203 e. The van der Waals surface area contributed by atoms with Crippen LogP contribution in [0.1, 0.15) is 204 Å². The van der Waals surface area contributed by atoms with E-state index in [1.165, 1.54) is 140 Å². The molecule has 0 aromatic heterocycles. The molecule has 12 rings (SSSR count). The minimum atomic E-state index is -2.56. The number of hydrogen-bond acceptors (Lipinski definition) is 0. The molecule has 0 atom stereocenters. The van der Waals surface area contributed by atoms with Crippen molar-refractivity contribution in [2.75, 3.05) is 0 Å². The molecule has 0 heterocycles. The summed E-state index contributed by atoms with van der Waals surface area (Å²) in [7, 11) is -5.13. The van der Waals surface area contributed by atoms with Gasteiger partial charge in [0.1, 0.15) is 16.1 Å². The monoisotopic (exact) mass is 1070 g/mol. The van der Waals surface area contributed by atoms with Crippen molar-refractivity contribution in [1.29, 1.82) is 0 Å². The summed E-state index contributed by atoms with van der Waals surface area (Å²) in [6.07, 6.45) is 35.1. The van der Waals surface area contributed by atoms with Gasteiger partial charge in [-0.25, -0.2) is 35.1 Å². The Labute approximate surface area is 445 Å². The smallest absolute Gasteiger partial charge is 0.198 e. The van der Waals surface area contributed by atoms with Gasteiger partial charge in [0.15, 0.2) is 46.5 Å². The van der Waals surface area contributed by atoms with Gasteiger partial charge in [0, 0.05) is 32.7 Å². The molecule has 0 bridgehead atoms. The highest BCUT2D eigenvalue weighted by atomic mass is 28.3. The zero-order chi connectivity index (χ0) is 52.3. The predicted molar refractivity (Wildman–Crippen MR) is 300 cm³/mol. The maximum Gasteiger partial charge on any atom is 0.198 e. The van der Waals surface area contributed by atoms with Crippen LogP contribution in [0.15, 0.2) is 36.4 Å². The first kappa shape index (κ1) is 52.3. The van der Waals surface area contributed by atoms with Crippen molar-refractivity contribution in [2.45, 2.75) is 226 Å². The van der Waals surface area contributed by atoms with E-state index in [9.17, 15) is 0 Å². The molecule has 0 aliphatic heterocycles. The summed E-state index contributed by atoms with van der Waals surface area (Å²) < 4.78 is 126. The van der Waals surface area contributed by atoms with E-state index in [0.29, 0.717) is 76.7 Å². The van der Waals surface area contributed by atoms with E-state index in [1.54, 1.807) is 0 Å². The van der Waals surface area contributed by atoms with E-state index in [-0.39, 0.29) is 0 Å². The van der Waals surface area contributed by atoms with Crippen molar-refractivity contribution in [3.05, 3.63) is 94.1 Å².